The first-order chi connectivity index (χ1) is 9.20. The number of pyridine rings is 1. The molecular weight excluding hydrogens is 238 g/mol. The normalized spacial score (nSPS) is 22.2. The third-order valence-electron chi connectivity index (χ3n) is 3.95. The number of aromatic nitrogens is 1. The van der Waals surface area contributed by atoms with Crippen LogP contribution in [0.5, 0.6) is 0 Å². The molecule has 0 aromatic carbocycles. The van der Waals surface area contributed by atoms with Gasteiger partial charge >= 0.3 is 0 Å². The fourth-order valence-electron chi connectivity index (χ4n) is 2.67. The Morgan fingerprint density at radius 2 is 2.26 bits per heavy atom. The van der Waals surface area contributed by atoms with Gasteiger partial charge in [0.15, 0.2) is 0 Å². The number of carbonyl (C=O) groups excluding carboxylic acids is 1. The summed E-state index contributed by atoms with van der Waals surface area (Å²) in [6, 6.07) is 3.66. The summed E-state index contributed by atoms with van der Waals surface area (Å²) < 4.78 is 0. The topological polar surface area (TPSA) is 54.0 Å². The second-order valence-corrected chi connectivity index (χ2v) is 5.34. The zero-order chi connectivity index (χ0) is 13.7. The predicted molar refractivity (Wildman–Crippen MR) is 77.2 cm³/mol. The number of carbonyl (C=O) groups is 1. The van der Waals surface area contributed by atoms with Gasteiger partial charge in [0.1, 0.15) is 5.82 Å². The van der Waals surface area contributed by atoms with Gasteiger partial charge in [-0.2, -0.15) is 0 Å². The van der Waals surface area contributed by atoms with Gasteiger partial charge in [-0.05, 0) is 37.3 Å². The van der Waals surface area contributed by atoms with Crippen molar-refractivity contribution >= 4 is 11.7 Å². The molecule has 2 atom stereocenters. The molecule has 2 N–H and O–H groups in total. The summed E-state index contributed by atoms with van der Waals surface area (Å²) >= 11 is 0. The van der Waals surface area contributed by atoms with Gasteiger partial charge in [0.2, 0.25) is 0 Å². The second-order valence-electron chi connectivity index (χ2n) is 5.34. The lowest BCUT2D eigenvalue weighted by Gasteiger charge is -2.15. The highest BCUT2D eigenvalue weighted by atomic mass is 16.1. The average molecular weight is 261 g/mol. The van der Waals surface area contributed by atoms with E-state index < -0.39 is 0 Å². The van der Waals surface area contributed by atoms with Gasteiger partial charge in [-0.25, -0.2) is 4.98 Å². The minimum Gasteiger partial charge on any atom is -0.370 e. The van der Waals surface area contributed by atoms with Crippen LogP contribution >= 0.6 is 0 Å². The van der Waals surface area contributed by atoms with Crippen LogP contribution < -0.4 is 10.6 Å². The summed E-state index contributed by atoms with van der Waals surface area (Å²) in [6.07, 6.45) is 5.45. The molecule has 0 saturated heterocycles. The smallest absolute Gasteiger partial charge is 0.252 e. The van der Waals surface area contributed by atoms with Gasteiger partial charge in [-0.3, -0.25) is 4.79 Å². The van der Waals surface area contributed by atoms with E-state index in [1.54, 1.807) is 6.20 Å². The highest BCUT2D eigenvalue weighted by Crippen LogP contribution is 2.30. The minimum atomic E-state index is -0.0188. The van der Waals surface area contributed by atoms with E-state index in [-0.39, 0.29) is 5.91 Å². The molecule has 1 heterocycles. The summed E-state index contributed by atoms with van der Waals surface area (Å²) in [6.45, 7) is 5.91. The summed E-state index contributed by atoms with van der Waals surface area (Å²) in [5.74, 6) is 2.16. The monoisotopic (exact) mass is 261 g/mol. The first-order valence-electron chi connectivity index (χ1n) is 7.18. The third-order valence-corrected chi connectivity index (χ3v) is 3.95. The van der Waals surface area contributed by atoms with E-state index in [9.17, 15) is 4.79 Å². The molecule has 0 bridgehead atoms. The Labute approximate surface area is 115 Å². The van der Waals surface area contributed by atoms with Crippen LogP contribution in [-0.2, 0) is 0 Å². The highest BCUT2D eigenvalue weighted by Gasteiger charge is 2.23. The molecule has 1 saturated carbocycles. The molecule has 2 unspecified atom stereocenters. The van der Waals surface area contributed by atoms with Crippen LogP contribution in [0.25, 0.3) is 0 Å². The Morgan fingerprint density at radius 3 is 2.84 bits per heavy atom. The number of hydrogen-bond donors (Lipinski definition) is 2. The molecule has 4 heteroatoms. The molecule has 1 aromatic heterocycles. The van der Waals surface area contributed by atoms with Gasteiger partial charge in [0, 0.05) is 19.3 Å². The number of anilines is 1. The zero-order valence-corrected chi connectivity index (χ0v) is 11.8. The van der Waals surface area contributed by atoms with Crippen molar-refractivity contribution in [1.29, 1.82) is 0 Å². The summed E-state index contributed by atoms with van der Waals surface area (Å²) in [7, 11) is 0. The molecular formula is C15H23N3O. The predicted octanol–water partition coefficient (Wildman–Crippen LogP) is 2.68. The van der Waals surface area contributed by atoms with Gasteiger partial charge in [-0.15, -0.1) is 0 Å². The summed E-state index contributed by atoms with van der Waals surface area (Å²) in [4.78, 5) is 16.2. The molecule has 1 aliphatic carbocycles. The van der Waals surface area contributed by atoms with E-state index >= 15 is 0 Å². The first-order valence-corrected chi connectivity index (χ1v) is 7.18. The summed E-state index contributed by atoms with van der Waals surface area (Å²) in [5, 5.41) is 6.14. The Morgan fingerprint density at radius 1 is 1.42 bits per heavy atom. The van der Waals surface area contributed by atoms with Crippen molar-refractivity contribution in [3.8, 4) is 0 Å². The fraction of sp³-hybridized carbons (Fsp3) is 0.600. The molecule has 4 nitrogen and oxygen atoms in total. The quantitative estimate of drug-likeness (QED) is 0.857. The van der Waals surface area contributed by atoms with Crippen LogP contribution in [0.3, 0.4) is 0 Å². The van der Waals surface area contributed by atoms with Crippen molar-refractivity contribution in [2.45, 2.75) is 33.1 Å². The number of rotatable bonds is 5. The van der Waals surface area contributed by atoms with Crippen molar-refractivity contribution in [3.05, 3.63) is 23.9 Å². The second kappa shape index (κ2) is 6.55. The molecule has 104 valence electrons. The largest absolute Gasteiger partial charge is 0.370 e. The van der Waals surface area contributed by atoms with E-state index in [4.69, 9.17) is 0 Å². The lowest BCUT2D eigenvalue weighted by Crippen LogP contribution is -2.30. The molecule has 1 amide bonds. The van der Waals surface area contributed by atoms with Gasteiger partial charge in [0.25, 0.3) is 5.91 Å². The zero-order valence-electron chi connectivity index (χ0n) is 11.8. The van der Waals surface area contributed by atoms with Crippen LogP contribution in [0.15, 0.2) is 18.3 Å². The van der Waals surface area contributed by atoms with E-state index in [2.05, 4.69) is 22.5 Å². The Balaban J connectivity index is 1.85. The Kier molecular flexibility index (Phi) is 4.77. The van der Waals surface area contributed by atoms with Crippen molar-refractivity contribution in [2.75, 3.05) is 18.4 Å². The van der Waals surface area contributed by atoms with Crippen LogP contribution in [0.1, 0.15) is 43.5 Å². The van der Waals surface area contributed by atoms with E-state index in [1.165, 1.54) is 19.3 Å². The Bertz CT molecular complexity index is 416. The minimum absolute atomic E-state index is 0.0188. The molecule has 0 aliphatic heterocycles. The van der Waals surface area contributed by atoms with E-state index in [0.717, 1.165) is 24.8 Å². The van der Waals surface area contributed by atoms with Crippen molar-refractivity contribution in [2.24, 2.45) is 11.8 Å². The molecule has 2 rings (SSSR count). The van der Waals surface area contributed by atoms with Crippen LogP contribution in [0, 0.1) is 11.8 Å². The summed E-state index contributed by atoms with van der Waals surface area (Å²) in [5.41, 5.74) is 0.632. The lowest BCUT2D eigenvalue weighted by atomic mass is 9.98. The fourth-order valence-corrected chi connectivity index (χ4v) is 2.67. The molecule has 0 spiro atoms. The molecule has 19 heavy (non-hydrogen) atoms. The number of amides is 1. The Hall–Kier alpha value is -1.58. The molecule has 1 aromatic rings. The maximum atomic E-state index is 12.0. The first kappa shape index (κ1) is 13.8. The van der Waals surface area contributed by atoms with Crippen molar-refractivity contribution < 1.29 is 4.79 Å². The average Bonchev–Trinajstić information content (AvgIpc) is 2.83. The maximum absolute atomic E-state index is 12.0. The van der Waals surface area contributed by atoms with Gasteiger partial charge in [0.05, 0.1) is 5.56 Å². The maximum Gasteiger partial charge on any atom is 0.252 e. The molecule has 1 aliphatic rings. The van der Waals surface area contributed by atoms with Crippen LogP contribution in [-0.4, -0.2) is 24.0 Å². The third kappa shape index (κ3) is 3.69. The number of nitrogens with zero attached hydrogens (tertiary/aromatic N) is 1. The van der Waals surface area contributed by atoms with Crippen molar-refractivity contribution in [1.82, 2.24) is 10.3 Å². The van der Waals surface area contributed by atoms with E-state index in [0.29, 0.717) is 11.5 Å². The highest BCUT2D eigenvalue weighted by molar-refractivity contribution is 5.94. The SMILES string of the molecule is CCNc1ccc(C(=O)NCC2CCCC2C)cn1. The standard InChI is InChI=1S/C15H23N3O/c1-3-16-14-8-7-13(10-17-14)15(19)18-9-12-6-4-5-11(12)2/h7-8,10-12H,3-6,9H2,1-2H3,(H,16,17)(H,18,19). The van der Waals surface area contributed by atoms with E-state index in [1.807, 2.05) is 19.1 Å². The molecule has 0 radical (unpaired) electrons. The van der Waals surface area contributed by atoms with Crippen molar-refractivity contribution in [3.63, 3.8) is 0 Å². The van der Waals surface area contributed by atoms with Gasteiger partial charge < -0.3 is 10.6 Å². The van der Waals surface area contributed by atoms with Crippen LogP contribution in [0.2, 0.25) is 0 Å². The molecule has 1 fully saturated rings. The lowest BCUT2D eigenvalue weighted by molar-refractivity contribution is 0.0944. The van der Waals surface area contributed by atoms with Crippen LogP contribution in [0.4, 0.5) is 5.82 Å². The van der Waals surface area contributed by atoms with Gasteiger partial charge in [-0.1, -0.05) is 19.8 Å². The number of nitrogens with one attached hydrogen (secondary N) is 2. The number of hydrogen-bond acceptors (Lipinski definition) is 3.